The van der Waals surface area contributed by atoms with Crippen LogP contribution in [0.5, 0.6) is 11.5 Å². The summed E-state index contributed by atoms with van der Waals surface area (Å²) in [4.78, 5) is 0. The molecule has 0 aromatic heterocycles. The molecule has 2 heterocycles. The second-order valence-corrected chi connectivity index (χ2v) is 28.6. The lowest BCUT2D eigenvalue weighted by molar-refractivity contribution is -0.355. The summed E-state index contributed by atoms with van der Waals surface area (Å²) in [7, 11) is -2.22. The fraction of sp³-hybridized carbons (Fsp3) is 0.592. The van der Waals surface area contributed by atoms with Gasteiger partial charge in [0.25, 0.3) is 8.32 Å². The smallest absolute Gasteiger partial charge is 0.261 e. The summed E-state index contributed by atoms with van der Waals surface area (Å²) in [6, 6.07) is 28.6. The third kappa shape index (κ3) is 10.2. The van der Waals surface area contributed by atoms with Crippen LogP contribution < -0.4 is 19.8 Å². The van der Waals surface area contributed by atoms with Gasteiger partial charge in [0.2, 0.25) is 0 Å². The van der Waals surface area contributed by atoms with E-state index in [1.54, 1.807) is 14.2 Å². The van der Waals surface area contributed by atoms with Gasteiger partial charge in [0.05, 0.1) is 37.6 Å². The topological polar surface area (TPSA) is 105 Å². The first-order chi connectivity index (χ1) is 28.2. The van der Waals surface area contributed by atoms with Crippen molar-refractivity contribution < 1.29 is 42.7 Å². The van der Waals surface area contributed by atoms with Crippen LogP contribution >= 0.6 is 0 Å². The molecule has 0 bridgehead atoms. The molecule has 5 rings (SSSR count). The minimum Gasteiger partial charge on any atom is -0.497 e. The molecule has 2 saturated heterocycles. The summed E-state index contributed by atoms with van der Waals surface area (Å²) in [6.45, 7) is 26.1. The molecule has 11 heteroatoms. The Labute approximate surface area is 363 Å². The van der Waals surface area contributed by atoms with Gasteiger partial charge in [-0.15, -0.1) is 6.58 Å². The normalized spacial score (nSPS) is 28.5. The van der Waals surface area contributed by atoms with E-state index in [0.29, 0.717) is 30.9 Å². The van der Waals surface area contributed by atoms with Gasteiger partial charge < -0.3 is 42.7 Å². The van der Waals surface area contributed by atoms with E-state index in [0.717, 1.165) is 6.42 Å². The van der Waals surface area contributed by atoms with Crippen LogP contribution in [0.1, 0.15) is 81.1 Å². The van der Waals surface area contributed by atoms with Gasteiger partial charge in [-0.3, -0.25) is 0 Å². The van der Waals surface area contributed by atoms with Gasteiger partial charge in [0, 0.05) is 32.0 Å². The Morgan fingerprint density at radius 3 is 1.87 bits per heavy atom. The molecule has 332 valence electrons. The van der Waals surface area contributed by atoms with Crippen LogP contribution in [0.25, 0.3) is 0 Å². The van der Waals surface area contributed by atoms with Crippen molar-refractivity contribution in [3.63, 3.8) is 0 Å². The second-order valence-electron chi connectivity index (χ2n) is 19.5. The summed E-state index contributed by atoms with van der Waals surface area (Å²) in [5, 5.41) is 26.2. The number of methoxy groups -OCH3 is 2. The van der Waals surface area contributed by atoms with Crippen LogP contribution in [0.2, 0.25) is 23.2 Å². The molecule has 10 atom stereocenters. The molecular formula is C49H74O9Si2. The zero-order chi connectivity index (χ0) is 44.1. The van der Waals surface area contributed by atoms with Crippen LogP contribution in [0, 0.1) is 11.8 Å². The van der Waals surface area contributed by atoms with Crippen molar-refractivity contribution in [1.82, 2.24) is 0 Å². The molecule has 2 N–H and O–H groups in total. The first kappa shape index (κ1) is 48.2. The Hall–Kier alpha value is -2.85. The molecule has 0 aliphatic carbocycles. The minimum atomic E-state index is -2.91. The lowest BCUT2D eigenvalue weighted by atomic mass is 9.78. The standard InChI is InChI=1S/C49H74O9Si2/c1-14-15-26-41-34(2)40(50)33-49(53-11,57-41)46(58-59(12,13)47(4,5)6)44-35(3)43(51)45(55-37-29-27-36(52-10)28-30-37)42(56-44)31-32-54-60(48(7,8)9,38-22-18-16-19-23-38)39-24-20-17-21-25-39/h14,16-25,27-30,34-35,40-46,50-51H,1,15,26,31-33H2,2-13H3/t34-,35-,40+,41-,42-,43-,44-,45-,46+,49-/m1/s1. The van der Waals surface area contributed by atoms with Crippen molar-refractivity contribution in [1.29, 1.82) is 0 Å². The lowest BCUT2D eigenvalue weighted by Crippen LogP contribution is -2.69. The van der Waals surface area contributed by atoms with E-state index < -0.39 is 65.0 Å². The largest absolute Gasteiger partial charge is 0.497 e. The third-order valence-corrected chi connectivity index (χ3v) is 23.1. The third-order valence-electron chi connectivity index (χ3n) is 13.6. The number of hydrogen-bond donors (Lipinski definition) is 2. The van der Waals surface area contributed by atoms with Gasteiger partial charge in [-0.1, -0.05) is 122 Å². The van der Waals surface area contributed by atoms with Gasteiger partial charge >= 0.3 is 0 Å². The predicted octanol–water partition coefficient (Wildman–Crippen LogP) is 8.66. The summed E-state index contributed by atoms with van der Waals surface area (Å²) < 4.78 is 47.9. The average Bonchev–Trinajstić information content (AvgIpc) is 3.21. The highest BCUT2D eigenvalue weighted by Gasteiger charge is 2.60. The number of allylic oxidation sites excluding steroid dienone is 1. The first-order valence-corrected chi connectivity index (χ1v) is 26.7. The van der Waals surface area contributed by atoms with E-state index in [1.165, 1.54) is 10.4 Å². The van der Waals surface area contributed by atoms with E-state index in [4.69, 9.17) is 32.5 Å². The molecule has 0 unspecified atom stereocenters. The summed E-state index contributed by atoms with van der Waals surface area (Å²) in [5.74, 6) is -0.697. The van der Waals surface area contributed by atoms with E-state index in [-0.39, 0.29) is 28.5 Å². The van der Waals surface area contributed by atoms with Gasteiger partial charge in [-0.2, -0.15) is 0 Å². The van der Waals surface area contributed by atoms with Crippen molar-refractivity contribution in [3.8, 4) is 11.5 Å². The quantitative estimate of drug-likeness (QED) is 0.102. The van der Waals surface area contributed by atoms with Crippen molar-refractivity contribution >= 4 is 27.0 Å². The molecule has 2 fully saturated rings. The molecule has 0 radical (unpaired) electrons. The van der Waals surface area contributed by atoms with Gasteiger partial charge in [-0.25, -0.2) is 0 Å². The van der Waals surface area contributed by atoms with E-state index in [9.17, 15) is 10.2 Å². The van der Waals surface area contributed by atoms with Crippen LogP contribution in [-0.4, -0.2) is 96.2 Å². The van der Waals surface area contributed by atoms with Crippen molar-refractivity contribution in [2.24, 2.45) is 11.8 Å². The number of aliphatic hydroxyl groups excluding tert-OH is 2. The molecule has 2 aliphatic heterocycles. The number of hydrogen-bond acceptors (Lipinski definition) is 9. The van der Waals surface area contributed by atoms with Crippen LogP contribution in [0.3, 0.4) is 0 Å². The van der Waals surface area contributed by atoms with Crippen molar-refractivity contribution in [2.45, 2.75) is 153 Å². The summed E-state index contributed by atoms with van der Waals surface area (Å²) in [5.41, 5.74) is 0. The van der Waals surface area contributed by atoms with Crippen LogP contribution in [0.15, 0.2) is 97.6 Å². The molecular weight excluding hydrogens is 789 g/mol. The number of aliphatic hydroxyl groups is 2. The molecule has 9 nitrogen and oxygen atoms in total. The zero-order valence-corrected chi connectivity index (χ0v) is 40.4. The van der Waals surface area contributed by atoms with Crippen molar-refractivity contribution in [2.75, 3.05) is 20.8 Å². The van der Waals surface area contributed by atoms with Gasteiger partial charge in [0.15, 0.2) is 20.2 Å². The van der Waals surface area contributed by atoms with Crippen LogP contribution in [0.4, 0.5) is 0 Å². The monoisotopic (exact) mass is 862 g/mol. The van der Waals surface area contributed by atoms with Gasteiger partial charge in [0.1, 0.15) is 17.6 Å². The molecule has 2 aliphatic rings. The van der Waals surface area contributed by atoms with E-state index in [2.05, 4.69) is 110 Å². The number of ether oxygens (including phenoxy) is 5. The Morgan fingerprint density at radius 1 is 0.800 bits per heavy atom. The van der Waals surface area contributed by atoms with E-state index in [1.807, 2.05) is 56.3 Å². The fourth-order valence-corrected chi connectivity index (χ4v) is 14.7. The Kier molecular flexibility index (Phi) is 15.8. The number of benzene rings is 3. The highest BCUT2D eigenvalue weighted by atomic mass is 28.4. The molecule has 0 spiro atoms. The average molecular weight is 863 g/mol. The fourth-order valence-electron chi connectivity index (χ4n) is 8.82. The summed E-state index contributed by atoms with van der Waals surface area (Å²) in [6.07, 6.45) is -1.04. The van der Waals surface area contributed by atoms with E-state index >= 15 is 0 Å². The highest BCUT2D eigenvalue weighted by molar-refractivity contribution is 6.99. The molecule has 60 heavy (non-hydrogen) atoms. The highest BCUT2D eigenvalue weighted by Crippen LogP contribution is 2.47. The maximum absolute atomic E-state index is 12.6. The maximum atomic E-state index is 12.6. The summed E-state index contributed by atoms with van der Waals surface area (Å²) >= 11 is 0. The minimum absolute atomic E-state index is 0.134. The number of rotatable bonds is 17. The predicted molar refractivity (Wildman–Crippen MR) is 245 cm³/mol. The first-order valence-electron chi connectivity index (χ1n) is 21.8. The SMILES string of the molecule is C=CCC[C@H]1O[C@@](OC)([C@@H](O[Si](C)(C)C(C)(C)C)[C@@H]2O[C@H](CCO[Si](c3ccccc3)(c3ccccc3)C(C)(C)C)[C@@H](Oc3ccc(OC)cc3)[C@H](O)[C@H]2C)C[C@H](O)[C@H]1C. The van der Waals surface area contributed by atoms with Crippen molar-refractivity contribution in [3.05, 3.63) is 97.6 Å². The lowest BCUT2D eigenvalue weighted by Gasteiger charge is -2.56. The van der Waals surface area contributed by atoms with Gasteiger partial charge in [-0.05, 0) is 77.1 Å². The Balaban J connectivity index is 1.59. The zero-order valence-electron chi connectivity index (χ0n) is 38.4. The Bertz CT molecular complexity index is 1740. The molecule has 3 aromatic rings. The Morgan fingerprint density at radius 2 is 1.37 bits per heavy atom. The molecule has 0 amide bonds. The second kappa shape index (κ2) is 19.7. The molecule has 0 saturated carbocycles. The maximum Gasteiger partial charge on any atom is 0.261 e. The van der Waals surface area contributed by atoms with Crippen LogP contribution in [-0.2, 0) is 23.1 Å². The molecule has 3 aromatic carbocycles.